The van der Waals surface area contributed by atoms with Crippen molar-refractivity contribution in [2.45, 2.75) is 33.1 Å². The van der Waals surface area contributed by atoms with Crippen molar-refractivity contribution in [3.05, 3.63) is 50.4 Å². The summed E-state index contributed by atoms with van der Waals surface area (Å²) in [7, 11) is 1.68. The smallest absolute Gasteiger partial charge is 0.127 e. The van der Waals surface area contributed by atoms with Crippen LogP contribution in [0.2, 0.25) is 0 Å². The highest BCUT2D eigenvalue weighted by Gasteiger charge is 2.24. The third kappa shape index (κ3) is 2.61. The summed E-state index contributed by atoms with van der Waals surface area (Å²) < 4.78 is 12.2. The van der Waals surface area contributed by atoms with Crippen LogP contribution in [0.25, 0.3) is 0 Å². The SMILES string of the molecule is COc1c(C)cc(Br)c(C)c1C(Cl)c1cc(C)oc1C. The van der Waals surface area contributed by atoms with Crippen molar-refractivity contribution < 1.29 is 9.15 Å². The maximum Gasteiger partial charge on any atom is 0.127 e. The first-order valence-electron chi connectivity index (χ1n) is 6.41. The second-order valence-corrected chi connectivity index (χ2v) is 6.27. The molecule has 108 valence electrons. The first-order valence-corrected chi connectivity index (χ1v) is 7.64. The van der Waals surface area contributed by atoms with Gasteiger partial charge in [0.1, 0.15) is 17.3 Å². The molecule has 0 N–H and O–H groups in total. The van der Waals surface area contributed by atoms with Crippen molar-refractivity contribution in [3.8, 4) is 5.75 Å². The summed E-state index contributed by atoms with van der Waals surface area (Å²) in [5, 5.41) is -0.293. The Kier molecular flexibility index (Phi) is 4.50. The number of halogens is 2. The van der Waals surface area contributed by atoms with E-state index in [-0.39, 0.29) is 5.38 Å². The van der Waals surface area contributed by atoms with E-state index in [2.05, 4.69) is 22.0 Å². The minimum absolute atomic E-state index is 0.293. The summed E-state index contributed by atoms with van der Waals surface area (Å²) in [4.78, 5) is 0. The molecule has 20 heavy (non-hydrogen) atoms. The van der Waals surface area contributed by atoms with Gasteiger partial charge in [-0.05, 0) is 51.0 Å². The Hall–Kier alpha value is -0.930. The fourth-order valence-corrected chi connectivity index (χ4v) is 3.55. The number of rotatable bonds is 3. The Balaban J connectivity index is 2.65. The van der Waals surface area contributed by atoms with Gasteiger partial charge in [0, 0.05) is 15.6 Å². The first kappa shape index (κ1) is 15.5. The quantitative estimate of drug-likeness (QED) is 0.666. The van der Waals surface area contributed by atoms with E-state index in [4.69, 9.17) is 20.8 Å². The van der Waals surface area contributed by atoms with Gasteiger partial charge in [-0.1, -0.05) is 15.9 Å². The van der Waals surface area contributed by atoms with Gasteiger partial charge in [0.05, 0.1) is 12.5 Å². The molecule has 2 rings (SSSR count). The van der Waals surface area contributed by atoms with Gasteiger partial charge in [0.25, 0.3) is 0 Å². The van der Waals surface area contributed by atoms with Crippen LogP contribution >= 0.6 is 27.5 Å². The summed E-state index contributed by atoms with van der Waals surface area (Å²) >= 11 is 10.3. The topological polar surface area (TPSA) is 22.4 Å². The van der Waals surface area contributed by atoms with Crippen LogP contribution in [0.5, 0.6) is 5.75 Å². The fourth-order valence-electron chi connectivity index (χ4n) is 2.51. The predicted octanol–water partition coefficient (Wildman–Crippen LogP) is 5.61. The van der Waals surface area contributed by atoms with E-state index in [0.717, 1.165) is 44.0 Å². The molecule has 0 saturated carbocycles. The number of hydrogen-bond donors (Lipinski definition) is 0. The first-order chi connectivity index (χ1) is 9.36. The Labute approximate surface area is 133 Å². The van der Waals surface area contributed by atoms with Gasteiger partial charge in [0.2, 0.25) is 0 Å². The summed E-state index contributed by atoms with van der Waals surface area (Å²) in [5.41, 5.74) is 4.13. The lowest BCUT2D eigenvalue weighted by Gasteiger charge is -2.19. The van der Waals surface area contributed by atoms with Crippen LogP contribution in [-0.4, -0.2) is 7.11 Å². The van der Waals surface area contributed by atoms with Gasteiger partial charge in [-0.25, -0.2) is 0 Å². The molecule has 0 aliphatic rings. The zero-order valence-electron chi connectivity index (χ0n) is 12.3. The standard InChI is InChI=1S/C16H18BrClO2/c1-8-6-13(17)10(3)14(16(8)19-5)15(18)12-7-9(2)20-11(12)4/h6-7,15H,1-5H3. The van der Waals surface area contributed by atoms with Gasteiger partial charge in [-0.2, -0.15) is 0 Å². The largest absolute Gasteiger partial charge is 0.496 e. The molecule has 0 aliphatic heterocycles. The van der Waals surface area contributed by atoms with E-state index < -0.39 is 0 Å². The molecular weight excluding hydrogens is 340 g/mol. The lowest BCUT2D eigenvalue weighted by Crippen LogP contribution is -2.03. The number of furan rings is 1. The van der Waals surface area contributed by atoms with E-state index in [1.807, 2.05) is 33.8 Å². The van der Waals surface area contributed by atoms with Gasteiger partial charge in [-0.3, -0.25) is 0 Å². The molecule has 1 aromatic carbocycles. The van der Waals surface area contributed by atoms with Crippen LogP contribution in [-0.2, 0) is 0 Å². The molecule has 0 aliphatic carbocycles. The lowest BCUT2D eigenvalue weighted by molar-refractivity contribution is 0.406. The molecule has 0 fully saturated rings. The van der Waals surface area contributed by atoms with Gasteiger partial charge in [-0.15, -0.1) is 11.6 Å². The molecule has 1 heterocycles. The summed E-state index contributed by atoms with van der Waals surface area (Å²) in [6, 6.07) is 4.04. The van der Waals surface area contributed by atoms with Crippen molar-refractivity contribution in [3.63, 3.8) is 0 Å². The third-order valence-corrected chi connectivity index (χ3v) is 4.80. The number of aryl methyl sites for hydroxylation is 3. The highest BCUT2D eigenvalue weighted by atomic mass is 79.9. The van der Waals surface area contributed by atoms with Crippen molar-refractivity contribution in [1.29, 1.82) is 0 Å². The molecule has 0 radical (unpaired) electrons. The van der Waals surface area contributed by atoms with Crippen molar-refractivity contribution in [2.24, 2.45) is 0 Å². The second kappa shape index (κ2) is 5.82. The highest BCUT2D eigenvalue weighted by molar-refractivity contribution is 9.10. The summed E-state index contributed by atoms with van der Waals surface area (Å²) in [6.45, 7) is 7.92. The molecule has 2 aromatic rings. The van der Waals surface area contributed by atoms with Crippen molar-refractivity contribution in [2.75, 3.05) is 7.11 Å². The molecule has 0 saturated heterocycles. The molecule has 0 bridgehead atoms. The van der Waals surface area contributed by atoms with Crippen molar-refractivity contribution in [1.82, 2.24) is 0 Å². The molecule has 1 atom stereocenters. The van der Waals surface area contributed by atoms with Crippen LogP contribution in [0.3, 0.4) is 0 Å². The number of ether oxygens (including phenoxy) is 1. The Bertz CT molecular complexity index is 646. The van der Waals surface area contributed by atoms with E-state index >= 15 is 0 Å². The summed E-state index contributed by atoms with van der Waals surface area (Å²) in [6.07, 6.45) is 0. The maximum atomic E-state index is 6.72. The highest BCUT2D eigenvalue weighted by Crippen LogP contribution is 2.43. The zero-order valence-corrected chi connectivity index (χ0v) is 14.6. The average Bonchev–Trinajstić information content (AvgIpc) is 2.71. The van der Waals surface area contributed by atoms with Crippen LogP contribution in [0.15, 0.2) is 21.0 Å². The van der Waals surface area contributed by atoms with Gasteiger partial charge in [0.15, 0.2) is 0 Å². The number of hydrogen-bond acceptors (Lipinski definition) is 2. The molecule has 4 heteroatoms. The fraction of sp³-hybridized carbons (Fsp3) is 0.375. The zero-order chi connectivity index (χ0) is 15.0. The number of alkyl halides is 1. The van der Waals surface area contributed by atoms with Gasteiger partial charge < -0.3 is 9.15 Å². The number of benzene rings is 1. The average molecular weight is 358 g/mol. The summed E-state index contributed by atoms with van der Waals surface area (Å²) in [5.74, 6) is 2.55. The van der Waals surface area contributed by atoms with Crippen LogP contribution in [0.4, 0.5) is 0 Å². The second-order valence-electron chi connectivity index (χ2n) is 4.98. The minimum atomic E-state index is -0.293. The molecule has 0 amide bonds. The molecule has 1 aromatic heterocycles. The van der Waals surface area contributed by atoms with E-state index in [9.17, 15) is 0 Å². The van der Waals surface area contributed by atoms with E-state index in [1.165, 1.54) is 0 Å². The Morgan fingerprint density at radius 2 is 1.85 bits per heavy atom. The Morgan fingerprint density at radius 1 is 1.20 bits per heavy atom. The molecule has 0 spiro atoms. The maximum absolute atomic E-state index is 6.72. The van der Waals surface area contributed by atoms with Crippen molar-refractivity contribution >= 4 is 27.5 Å². The van der Waals surface area contributed by atoms with Crippen LogP contribution in [0.1, 0.15) is 39.2 Å². The Morgan fingerprint density at radius 3 is 2.35 bits per heavy atom. The van der Waals surface area contributed by atoms with Gasteiger partial charge >= 0.3 is 0 Å². The van der Waals surface area contributed by atoms with Crippen LogP contribution < -0.4 is 4.74 Å². The van der Waals surface area contributed by atoms with E-state index in [0.29, 0.717) is 0 Å². The monoisotopic (exact) mass is 356 g/mol. The molecular formula is C16H18BrClO2. The molecule has 1 unspecified atom stereocenters. The lowest BCUT2D eigenvalue weighted by atomic mass is 9.96. The third-order valence-electron chi connectivity index (χ3n) is 3.52. The normalized spacial score (nSPS) is 12.6. The number of methoxy groups -OCH3 is 1. The van der Waals surface area contributed by atoms with E-state index in [1.54, 1.807) is 7.11 Å². The predicted molar refractivity (Wildman–Crippen MR) is 86.0 cm³/mol. The van der Waals surface area contributed by atoms with Crippen LogP contribution in [0, 0.1) is 27.7 Å². The molecule has 2 nitrogen and oxygen atoms in total. The minimum Gasteiger partial charge on any atom is -0.496 e.